The monoisotopic (exact) mass is 608 g/mol. The van der Waals surface area contributed by atoms with E-state index in [0.29, 0.717) is 28.8 Å². The Morgan fingerprint density at radius 1 is 0.689 bits per heavy atom. The third kappa shape index (κ3) is 8.74. The molecule has 0 saturated carbocycles. The Labute approximate surface area is 268 Å². The fourth-order valence-corrected chi connectivity index (χ4v) is 6.77. The van der Waals surface area contributed by atoms with Crippen LogP contribution in [0.2, 0.25) is 0 Å². The van der Waals surface area contributed by atoms with Crippen molar-refractivity contribution >= 4 is 49.9 Å². The number of nitrogens with one attached hydrogen (secondary N) is 2. The normalized spacial score (nSPS) is 11.8. The van der Waals surface area contributed by atoms with Gasteiger partial charge in [-0.2, -0.15) is 0 Å². The zero-order valence-electron chi connectivity index (χ0n) is 27.3. The highest BCUT2D eigenvalue weighted by Gasteiger charge is 2.16. The predicted molar refractivity (Wildman–Crippen MR) is 191 cm³/mol. The van der Waals surface area contributed by atoms with Crippen molar-refractivity contribution < 1.29 is 4.79 Å². The average molecular weight is 609 g/mol. The van der Waals surface area contributed by atoms with Gasteiger partial charge < -0.3 is 10.6 Å². The summed E-state index contributed by atoms with van der Waals surface area (Å²) in [5, 5.41) is 9.54. The fraction of sp³-hybridized carbons (Fsp3) is 0.513. The van der Waals surface area contributed by atoms with E-state index in [-0.39, 0.29) is 11.6 Å². The van der Waals surface area contributed by atoms with Crippen LogP contribution >= 0.6 is 0 Å². The lowest BCUT2D eigenvalue weighted by Crippen LogP contribution is -2.29. The van der Waals surface area contributed by atoms with Crippen LogP contribution in [0.25, 0.3) is 38.2 Å². The van der Waals surface area contributed by atoms with Crippen LogP contribution in [0.1, 0.15) is 122 Å². The summed E-state index contributed by atoms with van der Waals surface area (Å²) in [6.07, 6.45) is 24.3. The number of benzene rings is 3. The maximum Gasteiger partial charge on any atom is 0.319 e. The molecule has 0 bridgehead atoms. The lowest BCUT2D eigenvalue weighted by molar-refractivity contribution is 0.252. The first-order valence-corrected chi connectivity index (χ1v) is 17.8. The number of unbranched alkanes of at least 4 members (excludes halogenated alkanes) is 17. The second kappa shape index (κ2) is 17.1. The van der Waals surface area contributed by atoms with Gasteiger partial charge in [0, 0.05) is 28.4 Å². The Bertz CT molecular complexity index is 1700. The van der Waals surface area contributed by atoms with Crippen molar-refractivity contribution in [1.82, 2.24) is 14.7 Å². The van der Waals surface area contributed by atoms with Crippen LogP contribution in [0.15, 0.2) is 59.4 Å². The molecule has 0 spiro atoms. The van der Waals surface area contributed by atoms with Gasteiger partial charge in [0.25, 0.3) is 5.56 Å². The maximum atomic E-state index is 13.5. The highest BCUT2D eigenvalue weighted by Crippen LogP contribution is 2.30. The van der Waals surface area contributed by atoms with Crippen LogP contribution < -0.4 is 16.2 Å². The van der Waals surface area contributed by atoms with Gasteiger partial charge >= 0.3 is 6.03 Å². The van der Waals surface area contributed by atoms with E-state index in [4.69, 9.17) is 4.98 Å². The van der Waals surface area contributed by atoms with Crippen molar-refractivity contribution in [3.05, 3.63) is 65.0 Å². The number of amides is 2. The van der Waals surface area contributed by atoms with Gasteiger partial charge in [-0.1, -0.05) is 146 Å². The zero-order valence-corrected chi connectivity index (χ0v) is 27.3. The molecule has 2 amide bonds. The van der Waals surface area contributed by atoms with E-state index >= 15 is 0 Å². The molecule has 0 aliphatic heterocycles. The van der Waals surface area contributed by atoms with E-state index < -0.39 is 0 Å². The van der Waals surface area contributed by atoms with E-state index in [1.54, 1.807) is 4.40 Å². The molecule has 45 heavy (non-hydrogen) atoms. The fourth-order valence-electron chi connectivity index (χ4n) is 6.77. The SMILES string of the molecule is CCCCCCCCCCCCCCCCCCCCNC(=O)Nc1ccc2nc3c4cccc5cccc(c(=O)n3c2c1)c54. The van der Waals surface area contributed by atoms with E-state index in [0.717, 1.165) is 34.5 Å². The summed E-state index contributed by atoms with van der Waals surface area (Å²) in [6.45, 7) is 2.94. The number of carbonyl (C=O) groups excluding carboxylic acids is 1. The second-order valence-electron chi connectivity index (χ2n) is 12.9. The van der Waals surface area contributed by atoms with Crippen LogP contribution in [-0.4, -0.2) is 22.0 Å². The molecule has 0 aliphatic rings. The molecule has 0 unspecified atom stereocenters. The van der Waals surface area contributed by atoms with Gasteiger partial charge in [-0.3, -0.25) is 9.20 Å². The summed E-state index contributed by atoms with van der Waals surface area (Å²) in [6, 6.07) is 17.2. The van der Waals surface area contributed by atoms with E-state index in [1.807, 2.05) is 54.6 Å². The third-order valence-electron chi connectivity index (χ3n) is 9.31. The Kier molecular flexibility index (Phi) is 12.5. The van der Waals surface area contributed by atoms with Gasteiger partial charge in [0.2, 0.25) is 0 Å². The number of nitrogens with zero attached hydrogens (tertiary/aromatic N) is 2. The van der Waals surface area contributed by atoms with E-state index in [1.165, 1.54) is 103 Å². The lowest BCUT2D eigenvalue weighted by Gasteiger charge is -2.08. The summed E-state index contributed by atoms with van der Waals surface area (Å²) in [5.41, 5.74) is 2.63. The number of hydrogen-bond acceptors (Lipinski definition) is 3. The van der Waals surface area contributed by atoms with Crippen molar-refractivity contribution in [2.75, 3.05) is 11.9 Å². The first-order chi connectivity index (χ1) is 22.2. The quantitative estimate of drug-likeness (QED) is 0.0863. The largest absolute Gasteiger partial charge is 0.338 e. The van der Waals surface area contributed by atoms with Crippen LogP contribution in [-0.2, 0) is 0 Å². The standard InChI is InChI=1S/C39H52N4O2/c1-2-3-4-5-6-7-8-9-10-11-12-13-14-15-16-17-18-19-28-40-39(45)41-31-26-27-34-35(29-31)43-37(42-34)32-24-20-22-30-23-21-25-33(36(30)32)38(43)44/h20-27,29H,2-19,28H2,1H3,(H2,40,41,45). The number of pyridine rings is 1. The highest BCUT2D eigenvalue weighted by molar-refractivity contribution is 6.15. The molecule has 0 atom stereocenters. The minimum atomic E-state index is -0.221. The summed E-state index contributed by atoms with van der Waals surface area (Å²) in [4.78, 5) is 30.9. The smallest absolute Gasteiger partial charge is 0.319 e. The van der Waals surface area contributed by atoms with Crippen LogP contribution in [0.5, 0.6) is 0 Å². The minimum absolute atomic E-state index is 0.0903. The average Bonchev–Trinajstić information content (AvgIpc) is 3.44. The van der Waals surface area contributed by atoms with Gasteiger partial charge in [0.05, 0.1) is 11.0 Å². The Morgan fingerprint density at radius 3 is 1.84 bits per heavy atom. The van der Waals surface area contributed by atoms with Gasteiger partial charge in [-0.25, -0.2) is 9.78 Å². The highest BCUT2D eigenvalue weighted by atomic mass is 16.2. The number of fused-ring (bicyclic) bond motifs is 4. The van der Waals surface area contributed by atoms with Gasteiger partial charge in [0.1, 0.15) is 5.65 Å². The van der Waals surface area contributed by atoms with Crippen LogP contribution in [0.4, 0.5) is 10.5 Å². The predicted octanol–water partition coefficient (Wildman–Crippen LogP) is 10.8. The molecular formula is C39H52N4O2. The summed E-state index contributed by atoms with van der Waals surface area (Å²) >= 11 is 0. The Morgan fingerprint density at radius 2 is 1.24 bits per heavy atom. The molecule has 2 N–H and O–H groups in total. The number of carbonyl (C=O) groups is 1. The van der Waals surface area contributed by atoms with Crippen LogP contribution in [0.3, 0.4) is 0 Å². The Hall–Kier alpha value is -3.67. The summed E-state index contributed by atoms with van der Waals surface area (Å²) < 4.78 is 1.67. The zero-order chi connectivity index (χ0) is 31.3. The topological polar surface area (TPSA) is 75.5 Å². The first-order valence-electron chi connectivity index (χ1n) is 17.8. The number of imidazole rings is 1. The minimum Gasteiger partial charge on any atom is -0.338 e. The molecule has 0 saturated heterocycles. The molecule has 0 fully saturated rings. The van der Waals surface area contributed by atoms with E-state index in [9.17, 15) is 9.59 Å². The molecule has 2 aromatic heterocycles. The molecule has 0 aliphatic carbocycles. The molecule has 5 aromatic rings. The molecule has 2 heterocycles. The van der Waals surface area contributed by atoms with Gasteiger partial charge in [-0.05, 0) is 36.1 Å². The van der Waals surface area contributed by atoms with Gasteiger partial charge in [-0.15, -0.1) is 0 Å². The van der Waals surface area contributed by atoms with E-state index in [2.05, 4.69) is 17.6 Å². The number of urea groups is 1. The van der Waals surface area contributed by atoms with Crippen molar-refractivity contribution in [2.24, 2.45) is 0 Å². The number of aromatic nitrogens is 2. The second-order valence-corrected chi connectivity index (χ2v) is 12.9. The van der Waals surface area contributed by atoms with Crippen molar-refractivity contribution in [3.63, 3.8) is 0 Å². The molecule has 6 nitrogen and oxygen atoms in total. The summed E-state index contributed by atoms with van der Waals surface area (Å²) in [7, 11) is 0. The van der Waals surface area contributed by atoms with Crippen molar-refractivity contribution in [2.45, 2.75) is 122 Å². The maximum absolute atomic E-state index is 13.5. The molecule has 240 valence electrons. The molecule has 6 heteroatoms. The van der Waals surface area contributed by atoms with Crippen LogP contribution in [0, 0.1) is 0 Å². The van der Waals surface area contributed by atoms with Crippen molar-refractivity contribution in [3.8, 4) is 0 Å². The third-order valence-corrected chi connectivity index (χ3v) is 9.31. The number of anilines is 1. The number of rotatable bonds is 20. The molecule has 0 radical (unpaired) electrons. The van der Waals surface area contributed by atoms with Crippen molar-refractivity contribution in [1.29, 1.82) is 0 Å². The van der Waals surface area contributed by atoms with Gasteiger partial charge in [0.15, 0.2) is 0 Å². The lowest BCUT2D eigenvalue weighted by atomic mass is 10.0. The molecular weight excluding hydrogens is 556 g/mol. The molecule has 5 rings (SSSR count). The first kappa shape index (κ1) is 32.7. The summed E-state index contributed by atoms with van der Waals surface area (Å²) in [5.74, 6) is 0. The number of hydrogen-bond donors (Lipinski definition) is 2. The Balaban J connectivity index is 0.957. The molecule has 3 aromatic carbocycles.